The van der Waals surface area contributed by atoms with Crippen LogP contribution in [0, 0.1) is 5.92 Å². The Morgan fingerprint density at radius 3 is 2.51 bits per heavy atom. The van der Waals surface area contributed by atoms with Gasteiger partial charge >= 0.3 is 12.4 Å². The van der Waals surface area contributed by atoms with Gasteiger partial charge in [0.1, 0.15) is 11.8 Å². The summed E-state index contributed by atoms with van der Waals surface area (Å²) in [4.78, 5) is 50.1. The van der Waals surface area contributed by atoms with Gasteiger partial charge in [0.2, 0.25) is 11.8 Å². The van der Waals surface area contributed by atoms with Gasteiger partial charge in [0.05, 0.1) is 28.2 Å². The molecule has 228 valence electrons. The second kappa shape index (κ2) is 11.0. The minimum atomic E-state index is -4.82. The molecule has 2 aromatic carbocycles. The van der Waals surface area contributed by atoms with Gasteiger partial charge in [0.15, 0.2) is 5.13 Å². The molecule has 0 bridgehead atoms. The quantitative estimate of drug-likeness (QED) is 0.382. The number of fused-ring (bicyclic) bond motifs is 2. The number of aromatic nitrogens is 1. The second-order valence-electron chi connectivity index (χ2n) is 11.6. The number of hydrogen-bond donors (Lipinski definition) is 1. The van der Waals surface area contributed by atoms with Crippen molar-refractivity contribution in [1.29, 1.82) is 0 Å². The zero-order valence-electron chi connectivity index (χ0n) is 23.9. The molecule has 0 spiro atoms. The highest BCUT2D eigenvalue weighted by molar-refractivity contribution is 7.22. The standard InChI is InChI=1S/C30H32F3N5O4S/c1-16(2)18-6-8-19(9-7-18)34-28(41)36-13-4-5-23(36)27(40)37-14-12-22-25(37)17(3)26(39)38(22)29-35-21-11-10-20(15-24(21)43-29)42-30(31,32)33/h6-11,15-17,22-23,25H,4-5,12-14H2,1-3H3,(H,34,41)/t17-,22-,23-,25+/m0/s1. The van der Waals surface area contributed by atoms with Crippen molar-refractivity contribution in [2.24, 2.45) is 5.92 Å². The van der Waals surface area contributed by atoms with Gasteiger partial charge in [-0.05, 0) is 55.0 Å². The number of nitrogens with zero attached hydrogens (tertiary/aromatic N) is 4. The van der Waals surface area contributed by atoms with Crippen LogP contribution in [0.25, 0.3) is 10.2 Å². The number of likely N-dealkylation sites (tertiary alicyclic amines) is 2. The number of anilines is 2. The molecular weight excluding hydrogens is 583 g/mol. The lowest BCUT2D eigenvalue weighted by molar-refractivity contribution is -0.274. The van der Waals surface area contributed by atoms with Crippen LogP contribution >= 0.6 is 11.3 Å². The first-order valence-corrected chi connectivity index (χ1v) is 15.2. The third-order valence-corrected chi connectivity index (χ3v) is 9.61. The zero-order chi connectivity index (χ0) is 30.6. The van der Waals surface area contributed by atoms with Crippen LogP contribution in [0.15, 0.2) is 42.5 Å². The molecule has 3 fully saturated rings. The molecule has 0 saturated carbocycles. The average Bonchev–Trinajstić information content (AvgIpc) is 3.73. The first-order valence-electron chi connectivity index (χ1n) is 14.4. The smallest absolute Gasteiger partial charge is 0.406 e. The Bertz CT molecular complexity index is 1560. The number of thiazole rings is 1. The third-order valence-electron chi connectivity index (χ3n) is 8.59. The van der Waals surface area contributed by atoms with E-state index in [-0.39, 0.29) is 29.6 Å². The lowest BCUT2D eigenvalue weighted by Crippen LogP contribution is -2.52. The van der Waals surface area contributed by atoms with Crippen molar-refractivity contribution in [3.8, 4) is 5.75 Å². The summed E-state index contributed by atoms with van der Waals surface area (Å²) in [7, 11) is 0. The van der Waals surface area contributed by atoms with Crippen molar-refractivity contribution >= 4 is 50.2 Å². The predicted molar refractivity (Wildman–Crippen MR) is 156 cm³/mol. The van der Waals surface area contributed by atoms with Gasteiger partial charge in [-0.2, -0.15) is 0 Å². The molecule has 13 heteroatoms. The topological polar surface area (TPSA) is 95.1 Å². The van der Waals surface area contributed by atoms with Crippen LogP contribution in [-0.4, -0.2) is 70.2 Å². The van der Waals surface area contributed by atoms with E-state index in [0.717, 1.165) is 16.9 Å². The Morgan fingerprint density at radius 2 is 1.81 bits per heavy atom. The lowest BCUT2D eigenvalue weighted by atomic mass is 10.0. The van der Waals surface area contributed by atoms with Gasteiger partial charge in [-0.15, -0.1) is 13.2 Å². The molecule has 3 saturated heterocycles. The molecule has 1 N–H and O–H groups in total. The van der Waals surface area contributed by atoms with Crippen molar-refractivity contribution in [1.82, 2.24) is 14.8 Å². The fourth-order valence-electron chi connectivity index (χ4n) is 6.50. The summed E-state index contributed by atoms with van der Waals surface area (Å²) in [5, 5.41) is 3.30. The molecule has 6 rings (SSSR count). The lowest BCUT2D eigenvalue weighted by Gasteiger charge is -2.32. The van der Waals surface area contributed by atoms with E-state index in [1.165, 1.54) is 18.2 Å². The first-order chi connectivity index (χ1) is 20.4. The maximum Gasteiger partial charge on any atom is 0.573 e. The molecule has 0 aliphatic carbocycles. The van der Waals surface area contributed by atoms with Gasteiger partial charge in [0, 0.05) is 24.8 Å². The molecule has 3 aromatic rings. The van der Waals surface area contributed by atoms with Crippen LogP contribution < -0.4 is 15.0 Å². The molecule has 43 heavy (non-hydrogen) atoms. The summed E-state index contributed by atoms with van der Waals surface area (Å²) in [5.41, 5.74) is 2.28. The molecule has 0 radical (unpaired) electrons. The summed E-state index contributed by atoms with van der Waals surface area (Å²) in [6.45, 7) is 6.87. The Labute approximate surface area is 250 Å². The maximum atomic E-state index is 13.9. The molecule has 3 aliphatic rings. The fraction of sp³-hybridized carbons (Fsp3) is 0.467. The number of carbonyl (C=O) groups is 3. The van der Waals surface area contributed by atoms with Crippen LogP contribution in [-0.2, 0) is 9.59 Å². The normalized spacial score (nSPS) is 23.9. The van der Waals surface area contributed by atoms with E-state index >= 15 is 0 Å². The Balaban J connectivity index is 1.18. The monoisotopic (exact) mass is 615 g/mol. The van der Waals surface area contributed by atoms with Crippen LogP contribution in [0.1, 0.15) is 51.5 Å². The molecule has 0 unspecified atom stereocenters. The Hall–Kier alpha value is -3.87. The number of halogens is 3. The number of amides is 4. The molecule has 3 aliphatic heterocycles. The van der Waals surface area contributed by atoms with E-state index in [9.17, 15) is 27.6 Å². The van der Waals surface area contributed by atoms with Crippen molar-refractivity contribution in [3.63, 3.8) is 0 Å². The van der Waals surface area contributed by atoms with Gasteiger partial charge in [-0.3, -0.25) is 14.5 Å². The highest BCUT2D eigenvalue weighted by Gasteiger charge is 2.55. The Morgan fingerprint density at radius 1 is 1.07 bits per heavy atom. The molecule has 4 atom stereocenters. The molecule has 4 heterocycles. The van der Waals surface area contributed by atoms with Crippen LogP contribution in [0.5, 0.6) is 5.75 Å². The summed E-state index contributed by atoms with van der Waals surface area (Å²) in [5.74, 6) is -0.852. The second-order valence-corrected chi connectivity index (χ2v) is 12.6. The van der Waals surface area contributed by atoms with Crippen molar-refractivity contribution in [2.75, 3.05) is 23.3 Å². The Kier molecular flexibility index (Phi) is 7.47. The number of alkyl halides is 3. The van der Waals surface area contributed by atoms with E-state index in [1.54, 1.807) is 21.6 Å². The van der Waals surface area contributed by atoms with Crippen LogP contribution in [0.3, 0.4) is 0 Å². The maximum absolute atomic E-state index is 13.9. The molecule has 4 amide bonds. The summed E-state index contributed by atoms with van der Waals surface area (Å²) in [6, 6.07) is 9.88. The van der Waals surface area contributed by atoms with E-state index in [4.69, 9.17) is 0 Å². The number of urea groups is 1. The van der Waals surface area contributed by atoms with Crippen molar-refractivity contribution < 1.29 is 32.3 Å². The van der Waals surface area contributed by atoms with E-state index in [1.807, 2.05) is 24.3 Å². The van der Waals surface area contributed by atoms with E-state index in [2.05, 4.69) is 28.9 Å². The molecule has 9 nitrogen and oxygen atoms in total. The fourth-order valence-corrected chi connectivity index (χ4v) is 7.56. The SMILES string of the molecule is CC(C)c1ccc(NC(=O)N2CCC[C@H]2C(=O)N2CC[C@H]3[C@H]2[C@H](C)C(=O)N3c2nc3ccc(OC(F)(F)F)cc3s2)cc1. The van der Waals surface area contributed by atoms with Crippen LogP contribution in [0.4, 0.5) is 28.8 Å². The number of carbonyl (C=O) groups excluding carboxylic acids is 3. The van der Waals surface area contributed by atoms with Gasteiger partial charge in [-0.1, -0.05) is 44.2 Å². The first kappa shape index (κ1) is 29.2. The molecule has 1 aromatic heterocycles. The molecular formula is C30H32F3N5O4S. The zero-order valence-corrected chi connectivity index (χ0v) is 24.7. The van der Waals surface area contributed by atoms with Crippen molar-refractivity contribution in [2.45, 2.75) is 70.4 Å². The van der Waals surface area contributed by atoms with E-state index in [0.29, 0.717) is 59.3 Å². The number of nitrogens with one attached hydrogen (secondary N) is 1. The summed E-state index contributed by atoms with van der Waals surface area (Å²) >= 11 is 1.11. The highest BCUT2D eigenvalue weighted by atomic mass is 32.1. The third kappa shape index (κ3) is 5.50. The number of benzene rings is 2. The minimum absolute atomic E-state index is 0.171. The summed E-state index contributed by atoms with van der Waals surface area (Å²) < 4.78 is 42.6. The predicted octanol–water partition coefficient (Wildman–Crippen LogP) is 5.97. The van der Waals surface area contributed by atoms with Gasteiger partial charge in [-0.25, -0.2) is 9.78 Å². The highest BCUT2D eigenvalue weighted by Crippen LogP contribution is 2.43. The minimum Gasteiger partial charge on any atom is -0.406 e. The summed E-state index contributed by atoms with van der Waals surface area (Å²) in [6.07, 6.45) is -3.04. The van der Waals surface area contributed by atoms with Gasteiger partial charge in [0.25, 0.3) is 0 Å². The van der Waals surface area contributed by atoms with Crippen molar-refractivity contribution in [3.05, 3.63) is 48.0 Å². The van der Waals surface area contributed by atoms with Crippen LogP contribution in [0.2, 0.25) is 0 Å². The van der Waals surface area contributed by atoms with Gasteiger partial charge < -0.3 is 19.9 Å². The number of ether oxygens (including phenoxy) is 1. The van der Waals surface area contributed by atoms with E-state index < -0.39 is 24.4 Å². The number of hydrogen-bond acceptors (Lipinski definition) is 6. The largest absolute Gasteiger partial charge is 0.573 e. The number of rotatable bonds is 5. The average molecular weight is 616 g/mol.